The molecule has 3 heterocycles. The molecule has 0 aliphatic carbocycles. The Hall–Kier alpha value is -4.58. The molecule has 4 aromatic rings. The number of nitrogens with two attached hydrogens (primary N) is 1. The van der Waals surface area contributed by atoms with Crippen molar-refractivity contribution >= 4 is 39.8 Å². The van der Waals surface area contributed by atoms with Gasteiger partial charge < -0.3 is 36.0 Å². The molecular formula is C32H41N7O5. The van der Waals surface area contributed by atoms with Gasteiger partial charge in [0, 0.05) is 42.1 Å². The Bertz CT molecular complexity index is 1670. The van der Waals surface area contributed by atoms with Gasteiger partial charge in [-0.05, 0) is 62.4 Å². The second kappa shape index (κ2) is 13.8. The van der Waals surface area contributed by atoms with Crippen LogP contribution in [0.2, 0.25) is 0 Å². The van der Waals surface area contributed by atoms with Gasteiger partial charge in [0.2, 0.25) is 5.91 Å². The zero-order valence-electron chi connectivity index (χ0n) is 25.2. The highest BCUT2D eigenvalue weighted by atomic mass is 16.5. The molecule has 1 aliphatic rings. The number of esters is 1. The number of rotatable bonds is 11. The lowest BCUT2D eigenvalue weighted by Crippen LogP contribution is -2.56. The number of benzene rings is 2. The number of amides is 3. The van der Waals surface area contributed by atoms with Crippen LogP contribution in [0.4, 0.5) is 4.79 Å². The van der Waals surface area contributed by atoms with E-state index in [9.17, 15) is 19.2 Å². The topological polar surface area (TPSA) is 167 Å². The molecule has 0 spiro atoms. The van der Waals surface area contributed by atoms with E-state index in [1.165, 1.54) is 7.11 Å². The molecule has 12 heteroatoms. The first-order valence-corrected chi connectivity index (χ1v) is 15.2. The number of nitrogens with one attached hydrogen (secondary N) is 4. The first-order chi connectivity index (χ1) is 21.3. The summed E-state index contributed by atoms with van der Waals surface area (Å²) in [5.41, 5.74) is 8.89. The third-order valence-electron chi connectivity index (χ3n) is 8.66. The lowest BCUT2D eigenvalue weighted by molar-refractivity contribution is -0.145. The summed E-state index contributed by atoms with van der Waals surface area (Å²) >= 11 is 0. The minimum Gasteiger partial charge on any atom is -0.467 e. The van der Waals surface area contributed by atoms with Gasteiger partial charge in [-0.3, -0.25) is 9.36 Å². The van der Waals surface area contributed by atoms with Crippen molar-refractivity contribution in [2.75, 3.05) is 26.7 Å². The maximum atomic E-state index is 13.8. The number of imidazole rings is 1. The van der Waals surface area contributed by atoms with Crippen molar-refractivity contribution in [3.8, 4) is 0 Å². The highest BCUT2D eigenvalue weighted by molar-refractivity contribution is 5.92. The van der Waals surface area contributed by atoms with Crippen molar-refractivity contribution in [3.05, 3.63) is 70.8 Å². The molecule has 2 aromatic carbocycles. The number of piperidine rings is 1. The largest absolute Gasteiger partial charge is 0.467 e. The molecule has 3 amide bonds. The van der Waals surface area contributed by atoms with E-state index in [-0.39, 0.29) is 17.8 Å². The van der Waals surface area contributed by atoms with Crippen LogP contribution in [0.3, 0.4) is 0 Å². The molecule has 1 aliphatic heterocycles. The molecule has 3 atom stereocenters. The van der Waals surface area contributed by atoms with E-state index in [0.717, 1.165) is 27.5 Å². The molecule has 44 heavy (non-hydrogen) atoms. The first kappa shape index (κ1) is 30.9. The zero-order valence-corrected chi connectivity index (χ0v) is 25.2. The van der Waals surface area contributed by atoms with Gasteiger partial charge in [0.05, 0.1) is 18.1 Å². The van der Waals surface area contributed by atoms with Gasteiger partial charge in [0.1, 0.15) is 12.1 Å². The van der Waals surface area contributed by atoms with Crippen LogP contribution in [0.1, 0.15) is 56.6 Å². The lowest BCUT2D eigenvalue weighted by Gasteiger charge is -2.34. The fraction of sp³-hybridized carbons (Fsp3) is 0.438. The number of H-pyrrole nitrogens is 2. The Morgan fingerprint density at radius 2 is 1.73 bits per heavy atom. The molecule has 0 radical (unpaired) electrons. The summed E-state index contributed by atoms with van der Waals surface area (Å²) in [6.07, 6.45) is 4.75. The number of aromatic nitrogens is 3. The first-order valence-electron chi connectivity index (χ1n) is 15.2. The summed E-state index contributed by atoms with van der Waals surface area (Å²) in [5.74, 6) is -1.45. The van der Waals surface area contributed by atoms with E-state index in [1.807, 2.05) is 61.7 Å². The number of carbonyl (C=O) groups excluding carboxylic acids is 3. The van der Waals surface area contributed by atoms with Gasteiger partial charge in [-0.25, -0.2) is 14.4 Å². The molecule has 3 unspecified atom stereocenters. The summed E-state index contributed by atoms with van der Waals surface area (Å²) in [5, 5.41) is 6.76. The Morgan fingerprint density at radius 1 is 1.02 bits per heavy atom. The van der Waals surface area contributed by atoms with Crippen molar-refractivity contribution in [3.63, 3.8) is 0 Å². The number of likely N-dealkylation sites (tertiary alicyclic amines) is 1. The molecule has 1 fully saturated rings. The smallest absolute Gasteiger partial charge is 0.328 e. The van der Waals surface area contributed by atoms with Crippen molar-refractivity contribution in [1.82, 2.24) is 30.1 Å². The van der Waals surface area contributed by atoms with Gasteiger partial charge in [-0.15, -0.1) is 0 Å². The Kier molecular flexibility index (Phi) is 9.69. The molecule has 0 saturated carbocycles. The summed E-state index contributed by atoms with van der Waals surface area (Å²) in [7, 11) is 1.28. The van der Waals surface area contributed by atoms with E-state index in [1.54, 1.807) is 9.47 Å². The molecule has 2 aromatic heterocycles. The van der Waals surface area contributed by atoms with Gasteiger partial charge in [-0.1, -0.05) is 37.3 Å². The van der Waals surface area contributed by atoms with Crippen LogP contribution in [0.25, 0.3) is 21.9 Å². The number of ether oxygens (including phenoxy) is 1. The number of hydrogen-bond acceptors (Lipinski definition) is 6. The second-order valence-corrected chi connectivity index (χ2v) is 11.4. The Labute approximate surface area is 255 Å². The number of fused-ring (bicyclic) bond motifs is 2. The zero-order chi connectivity index (χ0) is 31.2. The van der Waals surface area contributed by atoms with Crippen LogP contribution in [-0.2, 0) is 14.3 Å². The van der Waals surface area contributed by atoms with E-state index in [2.05, 4.69) is 20.6 Å². The monoisotopic (exact) mass is 603 g/mol. The van der Waals surface area contributed by atoms with Crippen molar-refractivity contribution in [2.24, 2.45) is 5.73 Å². The third kappa shape index (κ3) is 6.49. The lowest BCUT2D eigenvalue weighted by atomic mass is 9.91. The number of aromatic amines is 2. The van der Waals surface area contributed by atoms with Gasteiger partial charge in [0.15, 0.2) is 0 Å². The average molecular weight is 604 g/mol. The number of para-hydroxylation sites is 3. The summed E-state index contributed by atoms with van der Waals surface area (Å²) in [6, 6.07) is 13.1. The van der Waals surface area contributed by atoms with Crippen molar-refractivity contribution < 1.29 is 19.1 Å². The maximum absolute atomic E-state index is 13.8. The molecule has 0 bridgehead atoms. The number of hydrogen-bond donors (Lipinski definition) is 5. The molecule has 5 rings (SSSR count). The fourth-order valence-electron chi connectivity index (χ4n) is 6.20. The SMILES string of the molecule is COC(=O)C(CCCCN)NC(=O)C(NC(=O)N1CCC(n2c(=O)[nH]c3ccccc32)CC1)C(C)c1c[nH]c2ccccc12. The minimum absolute atomic E-state index is 0.0544. The number of urea groups is 1. The number of nitrogens with zero attached hydrogens (tertiary/aromatic N) is 2. The van der Waals surface area contributed by atoms with Crippen LogP contribution < -0.4 is 22.1 Å². The summed E-state index contributed by atoms with van der Waals surface area (Å²) < 4.78 is 6.73. The third-order valence-corrected chi connectivity index (χ3v) is 8.66. The number of unbranched alkanes of at least 4 members (excludes halogenated alkanes) is 1. The fourth-order valence-corrected chi connectivity index (χ4v) is 6.20. The van der Waals surface area contributed by atoms with Crippen LogP contribution in [0.15, 0.2) is 59.5 Å². The minimum atomic E-state index is -0.975. The second-order valence-electron chi connectivity index (χ2n) is 11.4. The summed E-state index contributed by atoms with van der Waals surface area (Å²) in [6.45, 7) is 3.20. The molecule has 6 N–H and O–H groups in total. The van der Waals surface area contributed by atoms with E-state index >= 15 is 0 Å². The molecule has 1 saturated heterocycles. The van der Waals surface area contributed by atoms with Gasteiger partial charge in [-0.2, -0.15) is 0 Å². The highest BCUT2D eigenvalue weighted by Crippen LogP contribution is 2.29. The molecule has 234 valence electrons. The van der Waals surface area contributed by atoms with Crippen molar-refractivity contribution in [1.29, 1.82) is 0 Å². The highest BCUT2D eigenvalue weighted by Gasteiger charge is 2.35. The van der Waals surface area contributed by atoms with Crippen LogP contribution in [0, 0.1) is 0 Å². The van der Waals surface area contributed by atoms with Crippen LogP contribution in [0.5, 0.6) is 0 Å². The normalized spacial score (nSPS) is 16.0. The van der Waals surface area contributed by atoms with Crippen LogP contribution >= 0.6 is 0 Å². The number of carbonyl (C=O) groups is 3. The predicted molar refractivity (Wildman–Crippen MR) is 168 cm³/mol. The van der Waals surface area contributed by atoms with E-state index in [4.69, 9.17) is 10.5 Å². The molecule has 12 nitrogen and oxygen atoms in total. The van der Waals surface area contributed by atoms with Crippen LogP contribution in [-0.4, -0.2) is 76.2 Å². The van der Waals surface area contributed by atoms with E-state index in [0.29, 0.717) is 51.7 Å². The Balaban J connectivity index is 1.33. The average Bonchev–Trinajstić information content (AvgIpc) is 3.62. The maximum Gasteiger partial charge on any atom is 0.328 e. The van der Waals surface area contributed by atoms with Gasteiger partial charge >= 0.3 is 17.7 Å². The standard InChI is InChI=1S/C32H41N7O5/c1-20(23-19-34-24-10-4-3-9-22(23)24)28(29(40)35-26(30(41)44-2)12-7-8-16-33)37-31(42)38-17-14-21(15-18-38)39-27-13-6-5-11-25(27)36-32(39)43/h3-6,9-11,13,19-21,26,28,34H,7-8,12,14-18,33H2,1-2H3,(H,35,40)(H,36,43)(H,37,42). The summed E-state index contributed by atoms with van der Waals surface area (Å²) in [4.78, 5) is 60.6. The Morgan fingerprint density at radius 3 is 2.45 bits per heavy atom. The van der Waals surface area contributed by atoms with Gasteiger partial charge in [0.25, 0.3) is 0 Å². The quantitative estimate of drug-likeness (QED) is 0.130. The van der Waals surface area contributed by atoms with E-state index < -0.39 is 29.9 Å². The molecular weight excluding hydrogens is 562 g/mol. The number of methoxy groups -OCH3 is 1. The van der Waals surface area contributed by atoms with Crippen molar-refractivity contribution in [2.45, 2.75) is 63.1 Å². The predicted octanol–water partition coefficient (Wildman–Crippen LogP) is 3.12.